The van der Waals surface area contributed by atoms with Crippen molar-refractivity contribution in [3.8, 4) is 0 Å². The van der Waals surface area contributed by atoms with Gasteiger partial charge in [-0.05, 0) is 12.1 Å². The van der Waals surface area contributed by atoms with Crippen LogP contribution in [0.3, 0.4) is 0 Å². The lowest BCUT2D eigenvalue weighted by Crippen LogP contribution is -1.97. The Morgan fingerprint density at radius 3 is 2.70 bits per heavy atom. The lowest BCUT2D eigenvalue weighted by molar-refractivity contribution is 0.148. The molecule has 0 saturated carbocycles. The molecule has 0 aliphatic carbocycles. The molecule has 0 atom stereocenters. The first kappa shape index (κ1) is 7.12. The van der Waals surface area contributed by atoms with Crippen molar-refractivity contribution in [2.75, 3.05) is 0 Å². The number of alkyl halides is 2. The second kappa shape index (κ2) is 3.25. The standard InChI is InChI=1S/C7H7F2N/c8-7(9)5-6-3-1-2-4-10-6/h1-4,7H,5H2. The Hall–Kier alpha value is -0.990. The molecule has 0 bridgehead atoms. The van der Waals surface area contributed by atoms with Crippen LogP contribution in [0.15, 0.2) is 24.4 Å². The van der Waals surface area contributed by atoms with Crippen molar-refractivity contribution in [1.82, 2.24) is 4.98 Å². The fourth-order valence-corrected chi connectivity index (χ4v) is 0.677. The van der Waals surface area contributed by atoms with Crippen LogP contribution in [0.1, 0.15) is 5.69 Å². The van der Waals surface area contributed by atoms with Crippen molar-refractivity contribution < 1.29 is 8.78 Å². The van der Waals surface area contributed by atoms with E-state index in [1.165, 1.54) is 6.20 Å². The lowest BCUT2D eigenvalue weighted by Gasteiger charge is -1.95. The minimum atomic E-state index is -2.30. The minimum Gasteiger partial charge on any atom is -0.261 e. The summed E-state index contributed by atoms with van der Waals surface area (Å²) in [5.74, 6) is 0. The molecule has 1 aromatic heterocycles. The maximum atomic E-state index is 11.7. The first-order valence-electron chi connectivity index (χ1n) is 2.97. The van der Waals surface area contributed by atoms with Gasteiger partial charge in [0.05, 0.1) is 6.42 Å². The van der Waals surface area contributed by atoms with E-state index in [1.54, 1.807) is 18.2 Å². The molecule has 0 aromatic carbocycles. The van der Waals surface area contributed by atoms with Gasteiger partial charge in [-0.1, -0.05) is 6.07 Å². The summed E-state index contributed by atoms with van der Waals surface area (Å²) in [5.41, 5.74) is 0.442. The van der Waals surface area contributed by atoms with Gasteiger partial charge in [0.15, 0.2) is 0 Å². The highest BCUT2D eigenvalue weighted by molar-refractivity contribution is 5.03. The van der Waals surface area contributed by atoms with E-state index in [1.807, 2.05) is 0 Å². The van der Waals surface area contributed by atoms with Crippen molar-refractivity contribution in [2.24, 2.45) is 0 Å². The summed E-state index contributed by atoms with van der Waals surface area (Å²) in [7, 11) is 0. The van der Waals surface area contributed by atoms with Crippen LogP contribution in [0, 0.1) is 0 Å². The zero-order valence-corrected chi connectivity index (χ0v) is 5.30. The minimum absolute atomic E-state index is 0.249. The molecule has 0 radical (unpaired) electrons. The molecule has 0 N–H and O–H groups in total. The van der Waals surface area contributed by atoms with E-state index < -0.39 is 6.43 Å². The van der Waals surface area contributed by atoms with E-state index in [2.05, 4.69) is 4.98 Å². The van der Waals surface area contributed by atoms with Crippen LogP contribution in [-0.4, -0.2) is 11.4 Å². The molecule has 0 unspecified atom stereocenters. The highest BCUT2D eigenvalue weighted by Crippen LogP contribution is 2.02. The van der Waals surface area contributed by atoms with Crippen molar-refractivity contribution in [1.29, 1.82) is 0 Å². The fourth-order valence-electron chi connectivity index (χ4n) is 0.677. The van der Waals surface area contributed by atoms with Crippen molar-refractivity contribution >= 4 is 0 Å². The SMILES string of the molecule is FC(F)Cc1ccccn1. The number of aromatic nitrogens is 1. The number of nitrogens with zero attached hydrogens (tertiary/aromatic N) is 1. The molecular weight excluding hydrogens is 136 g/mol. The summed E-state index contributed by atoms with van der Waals surface area (Å²) in [5, 5.41) is 0. The molecule has 0 saturated heterocycles. The molecule has 1 nitrogen and oxygen atoms in total. The van der Waals surface area contributed by atoms with Gasteiger partial charge in [0.25, 0.3) is 0 Å². The number of hydrogen-bond donors (Lipinski definition) is 0. The van der Waals surface area contributed by atoms with E-state index in [-0.39, 0.29) is 6.42 Å². The van der Waals surface area contributed by atoms with Crippen LogP contribution in [0.5, 0.6) is 0 Å². The molecule has 0 spiro atoms. The third-order valence-corrected chi connectivity index (χ3v) is 1.09. The van der Waals surface area contributed by atoms with Crippen LogP contribution in [-0.2, 0) is 6.42 Å². The average molecular weight is 143 g/mol. The highest BCUT2D eigenvalue weighted by Gasteiger charge is 2.03. The van der Waals surface area contributed by atoms with Crippen molar-refractivity contribution in [3.63, 3.8) is 0 Å². The monoisotopic (exact) mass is 143 g/mol. The van der Waals surface area contributed by atoms with E-state index >= 15 is 0 Å². The van der Waals surface area contributed by atoms with Crippen LogP contribution < -0.4 is 0 Å². The Labute approximate surface area is 57.7 Å². The predicted octanol–water partition coefficient (Wildman–Crippen LogP) is 1.89. The van der Waals surface area contributed by atoms with Crippen LogP contribution in [0.2, 0.25) is 0 Å². The van der Waals surface area contributed by atoms with Gasteiger partial charge >= 0.3 is 0 Å². The summed E-state index contributed by atoms with van der Waals surface area (Å²) in [6.07, 6.45) is -1.03. The Balaban J connectivity index is 2.59. The molecule has 1 rings (SSSR count). The predicted molar refractivity (Wildman–Crippen MR) is 33.9 cm³/mol. The summed E-state index contributed by atoms with van der Waals surface area (Å²) in [6.45, 7) is 0. The Bertz CT molecular complexity index is 186. The number of halogens is 2. The zero-order chi connectivity index (χ0) is 7.40. The first-order chi connectivity index (χ1) is 4.79. The van der Waals surface area contributed by atoms with Gasteiger partial charge in [-0.2, -0.15) is 0 Å². The average Bonchev–Trinajstić information content (AvgIpc) is 1.88. The van der Waals surface area contributed by atoms with Gasteiger partial charge in [0, 0.05) is 11.9 Å². The molecule has 0 aliphatic rings. The van der Waals surface area contributed by atoms with Crippen LogP contribution >= 0.6 is 0 Å². The number of hydrogen-bond acceptors (Lipinski definition) is 1. The summed E-state index contributed by atoms with van der Waals surface area (Å²) in [4.78, 5) is 3.74. The lowest BCUT2D eigenvalue weighted by atomic mass is 10.3. The van der Waals surface area contributed by atoms with Gasteiger partial charge in [-0.3, -0.25) is 4.98 Å². The van der Waals surface area contributed by atoms with Gasteiger partial charge in [-0.15, -0.1) is 0 Å². The third kappa shape index (κ3) is 2.09. The van der Waals surface area contributed by atoms with Gasteiger partial charge < -0.3 is 0 Å². The zero-order valence-electron chi connectivity index (χ0n) is 5.30. The van der Waals surface area contributed by atoms with E-state index in [0.717, 1.165) is 0 Å². The van der Waals surface area contributed by atoms with E-state index in [9.17, 15) is 8.78 Å². The Kier molecular flexibility index (Phi) is 2.31. The normalized spacial score (nSPS) is 10.3. The maximum absolute atomic E-state index is 11.7. The maximum Gasteiger partial charge on any atom is 0.244 e. The molecule has 3 heteroatoms. The topological polar surface area (TPSA) is 12.9 Å². The summed E-state index contributed by atoms with van der Waals surface area (Å²) in [6, 6.07) is 4.99. The van der Waals surface area contributed by atoms with Crippen LogP contribution in [0.25, 0.3) is 0 Å². The molecule has 1 aromatic rings. The highest BCUT2D eigenvalue weighted by atomic mass is 19.3. The van der Waals surface area contributed by atoms with Crippen molar-refractivity contribution in [3.05, 3.63) is 30.1 Å². The molecule has 0 amide bonds. The Morgan fingerprint density at radius 1 is 1.40 bits per heavy atom. The van der Waals surface area contributed by atoms with Crippen LogP contribution in [0.4, 0.5) is 8.78 Å². The van der Waals surface area contributed by atoms with E-state index in [4.69, 9.17) is 0 Å². The molecule has 0 aliphatic heterocycles. The van der Waals surface area contributed by atoms with E-state index in [0.29, 0.717) is 5.69 Å². The van der Waals surface area contributed by atoms with Gasteiger partial charge in [0.1, 0.15) is 0 Å². The first-order valence-corrected chi connectivity index (χ1v) is 2.97. The quantitative estimate of drug-likeness (QED) is 0.616. The molecule has 10 heavy (non-hydrogen) atoms. The van der Waals surface area contributed by atoms with Gasteiger partial charge in [0.2, 0.25) is 6.43 Å². The molecule has 54 valence electrons. The molecular formula is C7H7F2N. The largest absolute Gasteiger partial charge is 0.261 e. The smallest absolute Gasteiger partial charge is 0.244 e. The fraction of sp³-hybridized carbons (Fsp3) is 0.286. The number of pyridine rings is 1. The molecule has 1 heterocycles. The third-order valence-electron chi connectivity index (χ3n) is 1.09. The summed E-state index contributed by atoms with van der Waals surface area (Å²) >= 11 is 0. The summed E-state index contributed by atoms with van der Waals surface area (Å²) < 4.78 is 23.4. The Morgan fingerprint density at radius 2 is 2.20 bits per heavy atom. The second-order valence-electron chi connectivity index (χ2n) is 1.92. The van der Waals surface area contributed by atoms with Crippen molar-refractivity contribution in [2.45, 2.75) is 12.8 Å². The van der Waals surface area contributed by atoms with Gasteiger partial charge in [-0.25, -0.2) is 8.78 Å². The second-order valence-corrected chi connectivity index (χ2v) is 1.92. The molecule has 0 fully saturated rings. The number of rotatable bonds is 2.